The van der Waals surface area contributed by atoms with Gasteiger partial charge in [0.1, 0.15) is 0 Å². The number of likely N-dealkylation sites (tertiary alicyclic amines) is 1. The van der Waals surface area contributed by atoms with Crippen molar-refractivity contribution in [3.63, 3.8) is 0 Å². The van der Waals surface area contributed by atoms with Gasteiger partial charge < -0.3 is 15.5 Å². The van der Waals surface area contributed by atoms with Crippen molar-refractivity contribution in [2.45, 2.75) is 26.2 Å². The molecule has 0 aliphatic carbocycles. The summed E-state index contributed by atoms with van der Waals surface area (Å²) >= 11 is 6.01. The van der Waals surface area contributed by atoms with Crippen LogP contribution in [0.25, 0.3) is 0 Å². The molecule has 1 aliphatic rings. The van der Waals surface area contributed by atoms with Crippen molar-refractivity contribution < 1.29 is 19.3 Å². The van der Waals surface area contributed by atoms with Crippen molar-refractivity contribution >= 4 is 46.4 Å². The summed E-state index contributed by atoms with van der Waals surface area (Å²) in [5.41, 5.74) is 0.718. The number of nitro groups is 1. The quantitative estimate of drug-likeness (QED) is 0.455. The second-order valence-corrected chi connectivity index (χ2v) is 7.94. The van der Waals surface area contributed by atoms with E-state index in [9.17, 15) is 24.5 Å². The number of carbonyl (C=O) groups excluding carboxylic acids is 3. The number of carbonyl (C=O) groups is 3. The van der Waals surface area contributed by atoms with E-state index in [2.05, 4.69) is 10.6 Å². The summed E-state index contributed by atoms with van der Waals surface area (Å²) < 4.78 is 0. The highest BCUT2D eigenvalue weighted by Gasteiger charge is 2.33. The van der Waals surface area contributed by atoms with E-state index in [1.54, 1.807) is 17.0 Å². The van der Waals surface area contributed by atoms with E-state index in [1.165, 1.54) is 30.3 Å². The SMILES string of the molecule is CCCCN1C[C@@H](C(=O)Nc2ccc(C(=O)Nc3cc([N+](=O)[O-])ccc3Cl)cc2)CC1=O. The maximum atomic E-state index is 12.5. The number of anilines is 2. The fraction of sp³-hybridized carbons (Fsp3) is 0.318. The van der Waals surface area contributed by atoms with Gasteiger partial charge in [-0.05, 0) is 36.8 Å². The predicted octanol–water partition coefficient (Wildman–Crippen LogP) is 4.09. The molecule has 1 heterocycles. The summed E-state index contributed by atoms with van der Waals surface area (Å²) in [5, 5.41) is 16.4. The summed E-state index contributed by atoms with van der Waals surface area (Å²) in [6, 6.07) is 9.96. The minimum Gasteiger partial charge on any atom is -0.342 e. The molecule has 168 valence electrons. The summed E-state index contributed by atoms with van der Waals surface area (Å²) in [6.07, 6.45) is 2.08. The van der Waals surface area contributed by atoms with Crippen molar-refractivity contribution in [2.75, 3.05) is 23.7 Å². The van der Waals surface area contributed by atoms with Crippen LogP contribution in [0.5, 0.6) is 0 Å². The fourth-order valence-electron chi connectivity index (χ4n) is 3.38. The molecule has 0 bridgehead atoms. The second-order valence-electron chi connectivity index (χ2n) is 7.54. The van der Waals surface area contributed by atoms with E-state index in [0.29, 0.717) is 18.8 Å². The minimum absolute atomic E-state index is 0.00886. The average molecular weight is 459 g/mol. The number of amides is 3. The predicted molar refractivity (Wildman–Crippen MR) is 121 cm³/mol. The first-order chi connectivity index (χ1) is 15.3. The molecule has 0 unspecified atom stereocenters. The van der Waals surface area contributed by atoms with Gasteiger partial charge in [-0.1, -0.05) is 24.9 Å². The number of hydrogen-bond acceptors (Lipinski definition) is 5. The Hall–Kier alpha value is -3.46. The van der Waals surface area contributed by atoms with Crippen molar-refractivity contribution in [3.05, 3.63) is 63.2 Å². The largest absolute Gasteiger partial charge is 0.342 e. The summed E-state index contributed by atoms with van der Waals surface area (Å²) in [4.78, 5) is 49.1. The summed E-state index contributed by atoms with van der Waals surface area (Å²) in [6.45, 7) is 3.12. The Morgan fingerprint density at radius 1 is 1.19 bits per heavy atom. The zero-order valence-electron chi connectivity index (χ0n) is 17.5. The van der Waals surface area contributed by atoms with Crippen LogP contribution in [0.1, 0.15) is 36.5 Å². The molecule has 0 spiro atoms. The Kier molecular flexibility index (Phi) is 7.42. The van der Waals surface area contributed by atoms with Gasteiger partial charge in [0.05, 0.1) is 21.6 Å². The van der Waals surface area contributed by atoms with Crippen molar-refractivity contribution in [3.8, 4) is 0 Å². The van der Waals surface area contributed by atoms with Crippen molar-refractivity contribution in [1.29, 1.82) is 0 Å². The van der Waals surface area contributed by atoms with Crippen LogP contribution in [0.2, 0.25) is 5.02 Å². The maximum Gasteiger partial charge on any atom is 0.271 e. The Balaban J connectivity index is 1.60. The van der Waals surface area contributed by atoms with E-state index < -0.39 is 16.7 Å². The number of nitrogens with one attached hydrogen (secondary N) is 2. The Labute approximate surface area is 189 Å². The van der Waals surface area contributed by atoms with E-state index >= 15 is 0 Å². The van der Waals surface area contributed by atoms with Crippen LogP contribution in [0, 0.1) is 16.0 Å². The monoisotopic (exact) mass is 458 g/mol. The van der Waals surface area contributed by atoms with Crippen LogP contribution in [0.15, 0.2) is 42.5 Å². The number of nitrogens with zero attached hydrogens (tertiary/aromatic N) is 2. The molecular weight excluding hydrogens is 436 g/mol. The molecule has 0 radical (unpaired) electrons. The van der Waals surface area contributed by atoms with Gasteiger partial charge in [-0.25, -0.2) is 0 Å². The first-order valence-corrected chi connectivity index (χ1v) is 10.6. The highest BCUT2D eigenvalue weighted by atomic mass is 35.5. The lowest BCUT2D eigenvalue weighted by molar-refractivity contribution is -0.384. The zero-order chi connectivity index (χ0) is 23.3. The van der Waals surface area contributed by atoms with Crippen LogP contribution in [-0.2, 0) is 9.59 Å². The lowest BCUT2D eigenvalue weighted by Gasteiger charge is -2.16. The third kappa shape index (κ3) is 5.61. The second kappa shape index (κ2) is 10.2. The summed E-state index contributed by atoms with van der Waals surface area (Å²) in [7, 11) is 0. The van der Waals surface area contributed by atoms with Gasteiger partial charge >= 0.3 is 0 Å². The van der Waals surface area contributed by atoms with E-state index in [4.69, 9.17) is 11.6 Å². The normalized spacial score (nSPS) is 15.5. The number of benzene rings is 2. The molecular formula is C22H23ClN4O5. The molecule has 32 heavy (non-hydrogen) atoms. The average Bonchev–Trinajstić information content (AvgIpc) is 3.14. The highest BCUT2D eigenvalue weighted by Crippen LogP contribution is 2.27. The third-order valence-electron chi connectivity index (χ3n) is 5.19. The van der Waals surface area contributed by atoms with Gasteiger partial charge in [-0.3, -0.25) is 24.5 Å². The van der Waals surface area contributed by atoms with Gasteiger partial charge in [-0.15, -0.1) is 0 Å². The number of unbranched alkanes of at least 4 members (excludes halogenated alkanes) is 1. The van der Waals surface area contributed by atoms with Crippen LogP contribution >= 0.6 is 11.6 Å². The topological polar surface area (TPSA) is 122 Å². The molecule has 2 aromatic carbocycles. The molecule has 1 atom stereocenters. The lowest BCUT2D eigenvalue weighted by Crippen LogP contribution is -2.29. The van der Waals surface area contributed by atoms with E-state index in [-0.39, 0.29) is 40.2 Å². The van der Waals surface area contributed by atoms with E-state index in [1.807, 2.05) is 6.92 Å². The number of non-ortho nitro benzene ring substituents is 1. The fourth-order valence-corrected chi connectivity index (χ4v) is 3.54. The van der Waals surface area contributed by atoms with Crippen LogP contribution in [-0.4, -0.2) is 40.6 Å². The van der Waals surface area contributed by atoms with Gasteiger partial charge in [0.15, 0.2) is 0 Å². The molecule has 3 amide bonds. The molecule has 3 rings (SSSR count). The third-order valence-corrected chi connectivity index (χ3v) is 5.52. The first kappa shape index (κ1) is 23.2. The van der Waals surface area contributed by atoms with Crippen LogP contribution in [0.4, 0.5) is 17.1 Å². The molecule has 1 fully saturated rings. The number of nitro benzene ring substituents is 1. The molecule has 10 heteroatoms. The molecule has 1 aliphatic heterocycles. The van der Waals surface area contributed by atoms with Crippen molar-refractivity contribution in [1.82, 2.24) is 4.90 Å². The molecule has 2 N–H and O–H groups in total. The Morgan fingerprint density at radius 3 is 2.56 bits per heavy atom. The van der Waals surface area contributed by atoms with Gasteiger partial charge in [-0.2, -0.15) is 0 Å². The van der Waals surface area contributed by atoms with Gasteiger partial charge in [0, 0.05) is 42.9 Å². The highest BCUT2D eigenvalue weighted by molar-refractivity contribution is 6.34. The van der Waals surface area contributed by atoms with Crippen LogP contribution < -0.4 is 10.6 Å². The smallest absolute Gasteiger partial charge is 0.271 e. The molecule has 9 nitrogen and oxygen atoms in total. The van der Waals surface area contributed by atoms with E-state index in [0.717, 1.165) is 12.8 Å². The molecule has 1 saturated heterocycles. The number of halogens is 1. The number of hydrogen-bond donors (Lipinski definition) is 2. The zero-order valence-corrected chi connectivity index (χ0v) is 18.2. The van der Waals surface area contributed by atoms with Crippen LogP contribution in [0.3, 0.4) is 0 Å². The Bertz CT molecular complexity index is 1040. The number of rotatable bonds is 8. The maximum absolute atomic E-state index is 12.5. The molecule has 0 saturated carbocycles. The Morgan fingerprint density at radius 2 is 1.91 bits per heavy atom. The standard InChI is InChI=1S/C22H23ClN4O5/c1-2-3-10-26-13-15(11-20(26)28)22(30)24-16-6-4-14(5-7-16)21(29)25-19-12-17(27(31)32)8-9-18(19)23/h4-9,12,15H,2-3,10-11,13H2,1H3,(H,24,30)(H,25,29)/t15-/m0/s1. The van der Waals surface area contributed by atoms with Gasteiger partial charge in [0.25, 0.3) is 11.6 Å². The van der Waals surface area contributed by atoms with Gasteiger partial charge in [0.2, 0.25) is 11.8 Å². The molecule has 0 aromatic heterocycles. The minimum atomic E-state index is -0.579. The van der Waals surface area contributed by atoms with Crippen molar-refractivity contribution in [2.24, 2.45) is 5.92 Å². The molecule has 2 aromatic rings. The summed E-state index contributed by atoms with van der Waals surface area (Å²) in [5.74, 6) is -1.15. The lowest BCUT2D eigenvalue weighted by atomic mass is 10.1. The first-order valence-electron chi connectivity index (χ1n) is 10.2.